The van der Waals surface area contributed by atoms with Crippen LogP contribution in [0.4, 0.5) is 0 Å². The van der Waals surface area contributed by atoms with E-state index in [1.807, 2.05) is 30.3 Å². The van der Waals surface area contributed by atoms with Crippen molar-refractivity contribution in [3.8, 4) is 0 Å². The molecule has 0 fully saturated rings. The van der Waals surface area contributed by atoms with Crippen molar-refractivity contribution in [1.29, 1.82) is 0 Å². The summed E-state index contributed by atoms with van der Waals surface area (Å²) in [6.07, 6.45) is 0.244. The average molecular weight is 352 g/mol. The monoisotopic (exact) mass is 352 g/mol. The van der Waals surface area contributed by atoms with Gasteiger partial charge in [-0.3, -0.25) is 14.4 Å². The van der Waals surface area contributed by atoms with Crippen molar-refractivity contribution >= 4 is 17.3 Å². The highest BCUT2D eigenvalue weighted by Crippen LogP contribution is 2.30. The number of carbonyl (C=O) groups excluding carboxylic acids is 3. The lowest BCUT2D eigenvalue weighted by atomic mass is 9.79. The molecule has 3 aromatic carbocycles. The Balaban J connectivity index is 1.89. The van der Waals surface area contributed by atoms with Gasteiger partial charge in [-0.15, -0.1) is 0 Å². The normalized spacial score (nSPS) is 13.5. The predicted octanol–water partition coefficient (Wildman–Crippen LogP) is 4.49. The van der Waals surface area contributed by atoms with Crippen molar-refractivity contribution in [2.75, 3.05) is 0 Å². The summed E-state index contributed by atoms with van der Waals surface area (Å²) >= 11 is 0. The number of hydrogen-bond acceptors (Lipinski definition) is 3. The van der Waals surface area contributed by atoms with E-state index in [9.17, 15) is 14.4 Å². The first-order valence-corrected chi connectivity index (χ1v) is 8.72. The van der Waals surface area contributed by atoms with Crippen LogP contribution in [0.2, 0.25) is 0 Å². The Morgan fingerprint density at radius 2 is 1.15 bits per heavy atom. The molecule has 27 heavy (non-hydrogen) atoms. The van der Waals surface area contributed by atoms with Gasteiger partial charge in [0.1, 0.15) is 0 Å². The molecule has 0 bridgehead atoms. The van der Waals surface area contributed by atoms with E-state index < -0.39 is 5.78 Å². The summed E-state index contributed by atoms with van der Waals surface area (Å²) in [5, 5.41) is 0. The highest BCUT2D eigenvalue weighted by Gasteiger charge is 2.35. The third-order valence-corrected chi connectivity index (χ3v) is 4.71. The molecule has 130 valence electrons. The van der Waals surface area contributed by atoms with Gasteiger partial charge >= 0.3 is 0 Å². The molecule has 0 saturated carbocycles. The van der Waals surface area contributed by atoms with Crippen LogP contribution in [0, 0.1) is 0 Å². The number of fused-ring (bicyclic) bond motifs is 1. The second-order valence-electron chi connectivity index (χ2n) is 6.41. The van der Waals surface area contributed by atoms with E-state index in [4.69, 9.17) is 0 Å². The van der Waals surface area contributed by atoms with Gasteiger partial charge in [0.05, 0.1) is 5.57 Å². The molecule has 0 radical (unpaired) electrons. The lowest BCUT2D eigenvalue weighted by molar-refractivity contribution is 0.0926. The van der Waals surface area contributed by atoms with E-state index in [0.29, 0.717) is 16.7 Å². The molecule has 0 spiro atoms. The molecule has 0 heterocycles. The topological polar surface area (TPSA) is 51.2 Å². The molecule has 3 nitrogen and oxygen atoms in total. The Morgan fingerprint density at radius 1 is 0.630 bits per heavy atom. The van der Waals surface area contributed by atoms with E-state index in [1.54, 1.807) is 54.6 Å². The van der Waals surface area contributed by atoms with Gasteiger partial charge in [0.15, 0.2) is 17.3 Å². The molecule has 4 rings (SSSR count). The van der Waals surface area contributed by atoms with Crippen LogP contribution < -0.4 is 0 Å². The molecule has 0 atom stereocenters. The zero-order chi connectivity index (χ0) is 18.8. The summed E-state index contributed by atoms with van der Waals surface area (Å²) in [7, 11) is 0. The van der Waals surface area contributed by atoms with Crippen molar-refractivity contribution in [3.05, 3.63) is 118 Å². The third-order valence-electron chi connectivity index (χ3n) is 4.71. The minimum Gasteiger partial charge on any atom is -0.289 e. The molecule has 0 unspecified atom stereocenters. The standard InChI is InChI=1S/C24H16O3/c25-22(17-11-5-2-6-12-17)21-20(15-16-9-3-1-4-10-16)23(26)18-13-7-8-14-19(18)24(21)27/h1-14H,15H2. The molecule has 1 aliphatic carbocycles. The Labute approximate surface area is 157 Å². The summed E-state index contributed by atoms with van der Waals surface area (Å²) in [4.78, 5) is 39.4. The van der Waals surface area contributed by atoms with E-state index in [-0.39, 0.29) is 29.1 Å². The first-order chi connectivity index (χ1) is 13.2. The molecule has 0 amide bonds. The number of benzene rings is 3. The number of allylic oxidation sites excluding steroid dienone is 2. The smallest absolute Gasteiger partial charge is 0.198 e. The first kappa shape index (κ1) is 16.9. The fraction of sp³-hybridized carbons (Fsp3) is 0.0417. The van der Waals surface area contributed by atoms with Crippen LogP contribution in [0.1, 0.15) is 36.6 Å². The SMILES string of the molecule is O=C(C1=C(Cc2ccccc2)C(=O)c2ccccc2C1=O)c1ccccc1. The van der Waals surface area contributed by atoms with Crippen LogP contribution in [0.25, 0.3) is 0 Å². The third kappa shape index (κ3) is 3.04. The molecule has 0 saturated heterocycles. The van der Waals surface area contributed by atoms with Crippen molar-refractivity contribution in [2.45, 2.75) is 6.42 Å². The van der Waals surface area contributed by atoms with Crippen LogP contribution in [0.3, 0.4) is 0 Å². The highest BCUT2D eigenvalue weighted by atomic mass is 16.2. The van der Waals surface area contributed by atoms with Crippen LogP contribution >= 0.6 is 0 Å². The second kappa shape index (κ2) is 6.96. The number of Topliss-reactive ketones (excluding diaryl/α,β-unsaturated/α-hetero) is 3. The van der Waals surface area contributed by atoms with Crippen molar-refractivity contribution < 1.29 is 14.4 Å². The van der Waals surface area contributed by atoms with Crippen molar-refractivity contribution in [3.63, 3.8) is 0 Å². The number of hydrogen-bond donors (Lipinski definition) is 0. The van der Waals surface area contributed by atoms with Gasteiger partial charge in [0, 0.05) is 28.7 Å². The zero-order valence-corrected chi connectivity index (χ0v) is 14.5. The average Bonchev–Trinajstić information content (AvgIpc) is 2.73. The summed E-state index contributed by atoms with van der Waals surface area (Å²) in [5.74, 6) is -1.05. The zero-order valence-electron chi connectivity index (χ0n) is 14.5. The lowest BCUT2D eigenvalue weighted by Crippen LogP contribution is -2.27. The summed E-state index contributed by atoms with van der Waals surface area (Å²) in [6, 6.07) is 24.7. The van der Waals surface area contributed by atoms with E-state index in [2.05, 4.69) is 0 Å². The van der Waals surface area contributed by atoms with Crippen LogP contribution in [-0.4, -0.2) is 17.3 Å². The van der Waals surface area contributed by atoms with E-state index >= 15 is 0 Å². The number of rotatable bonds is 4. The van der Waals surface area contributed by atoms with Crippen LogP contribution in [0.15, 0.2) is 96.1 Å². The van der Waals surface area contributed by atoms with E-state index in [0.717, 1.165) is 5.56 Å². The molecule has 0 aromatic heterocycles. The Hall–Kier alpha value is -3.59. The number of ketones is 3. The Bertz CT molecular complexity index is 1080. The summed E-state index contributed by atoms with van der Waals surface area (Å²) in [5.41, 5.74) is 2.18. The first-order valence-electron chi connectivity index (χ1n) is 8.72. The van der Waals surface area contributed by atoms with Gasteiger partial charge in [0.2, 0.25) is 0 Å². The molecule has 0 N–H and O–H groups in total. The molecule has 1 aliphatic rings. The largest absolute Gasteiger partial charge is 0.289 e. The second-order valence-corrected chi connectivity index (χ2v) is 6.41. The maximum Gasteiger partial charge on any atom is 0.198 e. The van der Waals surface area contributed by atoms with Gasteiger partial charge in [-0.25, -0.2) is 0 Å². The maximum absolute atomic E-state index is 13.2. The van der Waals surface area contributed by atoms with Gasteiger partial charge in [-0.2, -0.15) is 0 Å². The molecular weight excluding hydrogens is 336 g/mol. The molecule has 0 aliphatic heterocycles. The van der Waals surface area contributed by atoms with Gasteiger partial charge < -0.3 is 0 Å². The van der Waals surface area contributed by atoms with Gasteiger partial charge in [-0.05, 0) is 5.56 Å². The molecule has 3 heteroatoms. The van der Waals surface area contributed by atoms with Crippen LogP contribution in [0.5, 0.6) is 0 Å². The quantitative estimate of drug-likeness (QED) is 0.513. The fourth-order valence-electron chi connectivity index (χ4n) is 3.37. The van der Waals surface area contributed by atoms with Crippen molar-refractivity contribution in [1.82, 2.24) is 0 Å². The van der Waals surface area contributed by atoms with Crippen LogP contribution in [-0.2, 0) is 6.42 Å². The minimum atomic E-state index is -0.408. The fourth-order valence-corrected chi connectivity index (χ4v) is 3.37. The Kier molecular flexibility index (Phi) is 4.35. The van der Waals surface area contributed by atoms with Gasteiger partial charge in [0.25, 0.3) is 0 Å². The van der Waals surface area contributed by atoms with E-state index in [1.165, 1.54) is 0 Å². The minimum absolute atomic E-state index is 0.0197. The maximum atomic E-state index is 13.2. The molecular formula is C24H16O3. The summed E-state index contributed by atoms with van der Waals surface area (Å²) < 4.78 is 0. The number of carbonyl (C=O) groups is 3. The predicted molar refractivity (Wildman–Crippen MR) is 103 cm³/mol. The Morgan fingerprint density at radius 3 is 1.78 bits per heavy atom. The lowest BCUT2D eigenvalue weighted by Gasteiger charge is -2.20. The molecule has 3 aromatic rings. The highest BCUT2D eigenvalue weighted by molar-refractivity contribution is 6.39. The van der Waals surface area contributed by atoms with Crippen molar-refractivity contribution in [2.24, 2.45) is 0 Å². The van der Waals surface area contributed by atoms with Gasteiger partial charge in [-0.1, -0.05) is 84.9 Å². The summed E-state index contributed by atoms with van der Waals surface area (Å²) in [6.45, 7) is 0.